The number of nitrogens with zero attached hydrogens (tertiary/aromatic N) is 1. The maximum Gasteiger partial charge on any atom is 0.0722 e. The third-order valence-electron chi connectivity index (χ3n) is 3.12. The Morgan fingerprint density at radius 2 is 2.12 bits per heavy atom. The van der Waals surface area contributed by atoms with E-state index in [1.807, 2.05) is 0 Å². The van der Waals surface area contributed by atoms with E-state index >= 15 is 0 Å². The molecule has 3 nitrogen and oxygen atoms in total. The van der Waals surface area contributed by atoms with E-state index in [2.05, 4.69) is 48.3 Å². The summed E-state index contributed by atoms with van der Waals surface area (Å²) >= 11 is 0. The van der Waals surface area contributed by atoms with Gasteiger partial charge in [-0.05, 0) is 31.2 Å². The maximum atomic E-state index is 5.55. The second-order valence-electron chi connectivity index (χ2n) is 4.57. The highest BCUT2D eigenvalue weighted by Crippen LogP contribution is 2.18. The molecule has 94 valence electrons. The van der Waals surface area contributed by atoms with Crippen LogP contribution in [-0.2, 0) is 11.3 Å². The van der Waals surface area contributed by atoms with Gasteiger partial charge < -0.3 is 15.0 Å². The van der Waals surface area contributed by atoms with Crippen molar-refractivity contribution < 1.29 is 4.74 Å². The van der Waals surface area contributed by atoms with Crippen LogP contribution in [0.25, 0.3) is 0 Å². The van der Waals surface area contributed by atoms with Gasteiger partial charge in [-0.1, -0.05) is 19.1 Å². The van der Waals surface area contributed by atoms with Crippen LogP contribution in [0.4, 0.5) is 5.69 Å². The van der Waals surface area contributed by atoms with Crippen LogP contribution >= 0.6 is 0 Å². The maximum absolute atomic E-state index is 5.55. The molecule has 1 aromatic rings. The zero-order valence-electron chi connectivity index (χ0n) is 10.8. The van der Waals surface area contributed by atoms with E-state index in [-0.39, 0.29) is 0 Å². The Labute approximate surface area is 104 Å². The van der Waals surface area contributed by atoms with Crippen LogP contribution in [0.2, 0.25) is 0 Å². The standard InChI is InChI=1S/C14H22N2O/c1-3-15-10-13-4-6-14(7-5-13)16-8-9-17-12(2)11-16/h4-7,12,15H,3,8-11H2,1-2H3. The summed E-state index contributed by atoms with van der Waals surface area (Å²) < 4.78 is 5.55. The number of hydrogen-bond acceptors (Lipinski definition) is 3. The van der Waals surface area contributed by atoms with Crippen molar-refractivity contribution in [3.63, 3.8) is 0 Å². The third-order valence-corrected chi connectivity index (χ3v) is 3.12. The lowest BCUT2D eigenvalue weighted by Crippen LogP contribution is -2.41. The van der Waals surface area contributed by atoms with Crippen LogP contribution < -0.4 is 10.2 Å². The van der Waals surface area contributed by atoms with Gasteiger partial charge in [0.1, 0.15) is 0 Å². The number of morpholine rings is 1. The smallest absolute Gasteiger partial charge is 0.0722 e. The third kappa shape index (κ3) is 3.45. The zero-order valence-corrected chi connectivity index (χ0v) is 10.8. The van der Waals surface area contributed by atoms with Crippen molar-refractivity contribution >= 4 is 5.69 Å². The molecule has 0 radical (unpaired) electrons. The molecular weight excluding hydrogens is 212 g/mol. The lowest BCUT2D eigenvalue weighted by atomic mass is 10.1. The molecule has 0 amide bonds. The predicted octanol–water partition coefficient (Wildman–Crippen LogP) is 2.02. The first-order valence-corrected chi connectivity index (χ1v) is 6.46. The monoisotopic (exact) mass is 234 g/mol. The number of nitrogens with one attached hydrogen (secondary N) is 1. The van der Waals surface area contributed by atoms with Crippen LogP contribution in [-0.4, -0.2) is 32.3 Å². The fourth-order valence-electron chi connectivity index (χ4n) is 2.15. The van der Waals surface area contributed by atoms with Crippen molar-refractivity contribution in [2.24, 2.45) is 0 Å². The Morgan fingerprint density at radius 3 is 2.76 bits per heavy atom. The van der Waals surface area contributed by atoms with Crippen molar-refractivity contribution in [3.05, 3.63) is 29.8 Å². The minimum Gasteiger partial charge on any atom is -0.375 e. The second kappa shape index (κ2) is 6.03. The molecule has 1 heterocycles. The van der Waals surface area contributed by atoms with Gasteiger partial charge in [0.2, 0.25) is 0 Å². The molecular formula is C14H22N2O. The van der Waals surface area contributed by atoms with Crippen LogP contribution in [0.1, 0.15) is 19.4 Å². The van der Waals surface area contributed by atoms with Gasteiger partial charge in [-0.2, -0.15) is 0 Å². The first kappa shape index (κ1) is 12.4. The average Bonchev–Trinajstić information content (AvgIpc) is 2.37. The van der Waals surface area contributed by atoms with Gasteiger partial charge in [0.25, 0.3) is 0 Å². The van der Waals surface area contributed by atoms with Gasteiger partial charge in [-0.15, -0.1) is 0 Å². The fourth-order valence-corrected chi connectivity index (χ4v) is 2.15. The highest BCUT2D eigenvalue weighted by molar-refractivity contribution is 5.48. The van der Waals surface area contributed by atoms with Gasteiger partial charge in [0.05, 0.1) is 12.7 Å². The lowest BCUT2D eigenvalue weighted by Gasteiger charge is -2.33. The van der Waals surface area contributed by atoms with E-state index in [0.29, 0.717) is 6.10 Å². The molecule has 1 saturated heterocycles. The molecule has 1 N–H and O–H groups in total. The molecule has 0 bridgehead atoms. The number of hydrogen-bond donors (Lipinski definition) is 1. The summed E-state index contributed by atoms with van der Waals surface area (Å²) in [6.07, 6.45) is 0.338. The Morgan fingerprint density at radius 1 is 1.35 bits per heavy atom. The van der Waals surface area contributed by atoms with Crippen molar-refractivity contribution in [2.75, 3.05) is 31.1 Å². The first-order valence-electron chi connectivity index (χ1n) is 6.46. The zero-order chi connectivity index (χ0) is 12.1. The Bertz CT molecular complexity index is 337. The summed E-state index contributed by atoms with van der Waals surface area (Å²) in [4.78, 5) is 2.39. The minimum atomic E-state index is 0.338. The van der Waals surface area contributed by atoms with Crippen LogP contribution in [0.15, 0.2) is 24.3 Å². The van der Waals surface area contributed by atoms with E-state index in [4.69, 9.17) is 4.74 Å². The summed E-state index contributed by atoms with van der Waals surface area (Å²) in [5.74, 6) is 0. The first-order chi connectivity index (χ1) is 8.29. The van der Waals surface area contributed by atoms with E-state index in [9.17, 15) is 0 Å². The van der Waals surface area contributed by atoms with Gasteiger partial charge in [0.15, 0.2) is 0 Å². The van der Waals surface area contributed by atoms with Crippen LogP contribution in [0.5, 0.6) is 0 Å². The number of ether oxygens (including phenoxy) is 1. The molecule has 17 heavy (non-hydrogen) atoms. The summed E-state index contributed by atoms with van der Waals surface area (Å²) in [6.45, 7) is 9.05. The molecule has 3 heteroatoms. The predicted molar refractivity (Wildman–Crippen MR) is 71.4 cm³/mol. The second-order valence-corrected chi connectivity index (χ2v) is 4.57. The van der Waals surface area contributed by atoms with Crippen LogP contribution in [0.3, 0.4) is 0 Å². The quantitative estimate of drug-likeness (QED) is 0.862. The Balaban J connectivity index is 1.96. The largest absolute Gasteiger partial charge is 0.375 e. The van der Waals surface area contributed by atoms with Gasteiger partial charge >= 0.3 is 0 Å². The summed E-state index contributed by atoms with van der Waals surface area (Å²) in [6, 6.07) is 8.84. The highest BCUT2D eigenvalue weighted by atomic mass is 16.5. The summed E-state index contributed by atoms with van der Waals surface area (Å²) in [7, 11) is 0. The van der Waals surface area contributed by atoms with Crippen molar-refractivity contribution in [2.45, 2.75) is 26.5 Å². The normalized spacial score (nSPS) is 20.6. The molecule has 0 aromatic heterocycles. The molecule has 0 saturated carbocycles. The molecule has 1 fully saturated rings. The molecule has 1 aliphatic heterocycles. The summed E-state index contributed by atoms with van der Waals surface area (Å²) in [5.41, 5.74) is 2.65. The number of rotatable bonds is 4. The highest BCUT2D eigenvalue weighted by Gasteiger charge is 2.16. The lowest BCUT2D eigenvalue weighted by molar-refractivity contribution is 0.0532. The average molecular weight is 234 g/mol. The molecule has 1 atom stereocenters. The van der Waals surface area contributed by atoms with Gasteiger partial charge in [-0.25, -0.2) is 0 Å². The number of anilines is 1. The SMILES string of the molecule is CCNCc1ccc(N2CCOC(C)C2)cc1. The number of benzene rings is 1. The van der Waals surface area contributed by atoms with E-state index < -0.39 is 0 Å². The molecule has 0 spiro atoms. The van der Waals surface area contributed by atoms with Gasteiger partial charge in [-0.3, -0.25) is 0 Å². The van der Waals surface area contributed by atoms with E-state index in [0.717, 1.165) is 32.8 Å². The minimum absolute atomic E-state index is 0.338. The van der Waals surface area contributed by atoms with Gasteiger partial charge in [0, 0.05) is 25.3 Å². The van der Waals surface area contributed by atoms with Crippen LogP contribution in [0, 0.1) is 0 Å². The van der Waals surface area contributed by atoms with Crippen molar-refractivity contribution in [1.29, 1.82) is 0 Å². The summed E-state index contributed by atoms with van der Waals surface area (Å²) in [5, 5.41) is 3.34. The van der Waals surface area contributed by atoms with E-state index in [1.54, 1.807) is 0 Å². The van der Waals surface area contributed by atoms with Crippen molar-refractivity contribution in [1.82, 2.24) is 5.32 Å². The Kier molecular flexibility index (Phi) is 4.40. The van der Waals surface area contributed by atoms with Crippen molar-refractivity contribution in [3.8, 4) is 0 Å². The topological polar surface area (TPSA) is 24.5 Å². The molecule has 2 rings (SSSR count). The molecule has 1 aromatic carbocycles. The molecule has 1 aliphatic rings. The molecule has 0 aliphatic carbocycles. The fraction of sp³-hybridized carbons (Fsp3) is 0.571. The molecule has 1 unspecified atom stereocenters. The Hall–Kier alpha value is -1.06. The van der Waals surface area contributed by atoms with E-state index in [1.165, 1.54) is 11.3 Å².